The average molecular weight is 468 g/mol. The number of amides is 1. The molecule has 1 aliphatic rings. The number of nitrogens with one attached hydrogen (secondary N) is 1. The maximum Gasteiger partial charge on any atom is 0.508 e. The molecule has 3 aromatic rings. The lowest BCUT2D eigenvalue weighted by Crippen LogP contribution is -2.25. The third-order valence-corrected chi connectivity index (χ3v) is 7.07. The number of anilines is 1. The molecule has 0 saturated heterocycles. The molecule has 32 heavy (non-hydrogen) atoms. The number of thiazole rings is 1. The van der Waals surface area contributed by atoms with Crippen molar-refractivity contribution in [3.8, 4) is 6.07 Å². The van der Waals surface area contributed by atoms with E-state index in [9.17, 15) is 14.9 Å². The van der Waals surface area contributed by atoms with Crippen LogP contribution in [0.4, 0.5) is 9.80 Å². The van der Waals surface area contributed by atoms with Gasteiger partial charge in [-0.25, -0.2) is 4.79 Å². The second-order valence-electron chi connectivity index (χ2n) is 7.34. The highest BCUT2D eigenvalue weighted by atomic mass is 32.1. The van der Waals surface area contributed by atoms with Crippen LogP contribution < -0.4 is 5.32 Å². The second-order valence-corrected chi connectivity index (χ2v) is 9.42. The molecular weight excluding hydrogens is 446 g/mol. The zero-order valence-electron chi connectivity index (χ0n) is 17.2. The van der Waals surface area contributed by atoms with Crippen molar-refractivity contribution in [3.05, 3.63) is 68.5 Å². The number of fused-ring (bicyclic) bond motifs is 1. The van der Waals surface area contributed by atoms with Gasteiger partial charge in [-0.15, -0.1) is 22.7 Å². The number of rotatable bonds is 7. The largest absolute Gasteiger partial charge is 0.508 e. The molecule has 7 nitrogen and oxygen atoms in total. The number of aromatic nitrogens is 1. The smallest absolute Gasteiger partial charge is 0.431 e. The number of aryl methyl sites for hydroxylation is 1. The molecule has 0 aliphatic heterocycles. The third-order valence-electron chi connectivity index (χ3n) is 5.15. The lowest BCUT2D eigenvalue weighted by Gasteiger charge is -2.21. The molecule has 2 aromatic heterocycles. The van der Waals surface area contributed by atoms with Crippen LogP contribution in [0.25, 0.3) is 0 Å². The van der Waals surface area contributed by atoms with E-state index in [-0.39, 0.29) is 18.6 Å². The summed E-state index contributed by atoms with van der Waals surface area (Å²) in [7, 11) is 0. The topological polar surface area (TPSA) is 101 Å². The molecule has 1 unspecified atom stereocenters. The van der Waals surface area contributed by atoms with E-state index in [1.807, 2.05) is 30.3 Å². The first kappa shape index (κ1) is 22.0. The highest BCUT2D eigenvalue weighted by molar-refractivity contribution is 7.16. The highest BCUT2D eigenvalue weighted by Gasteiger charge is 2.29. The molecular formula is C23H21N3O4S2. The maximum absolute atomic E-state index is 12.4. The highest BCUT2D eigenvalue weighted by Crippen LogP contribution is 2.38. The van der Waals surface area contributed by atoms with Gasteiger partial charge in [0.15, 0.2) is 0 Å². The molecule has 0 spiro atoms. The summed E-state index contributed by atoms with van der Waals surface area (Å²) in [5.74, 6) is -0.122. The first-order chi connectivity index (χ1) is 15.6. The van der Waals surface area contributed by atoms with Crippen molar-refractivity contribution in [2.75, 3.05) is 5.32 Å². The summed E-state index contributed by atoms with van der Waals surface area (Å²) in [4.78, 5) is 30.2. The van der Waals surface area contributed by atoms with Crippen molar-refractivity contribution in [2.24, 2.45) is 0 Å². The zero-order valence-corrected chi connectivity index (χ0v) is 18.8. The van der Waals surface area contributed by atoms with Crippen LogP contribution in [0.2, 0.25) is 0 Å². The summed E-state index contributed by atoms with van der Waals surface area (Å²) < 4.78 is 10.6. The molecule has 4 rings (SSSR count). The summed E-state index contributed by atoms with van der Waals surface area (Å²) in [6.07, 6.45) is 3.33. The number of nitrogens with zero attached hydrogens (tertiary/aromatic N) is 2. The van der Waals surface area contributed by atoms with E-state index in [4.69, 9.17) is 9.47 Å². The number of hydrogen-bond donors (Lipinski definition) is 1. The van der Waals surface area contributed by atoms with Gasteiger partial charge in [-0.1, -0.05) is 30.3 Å². The van der Waals surface area contributed by atoms with Crippen LogP contribution >= 0.6 is 22.7 Å². The lowest BCUT2D eigenvalue weighted by atomic mass is 9.94. The molecule has 1 N–H and O–H groups in total. The van der Waals surface area contributed by atoms with Crippen molar-refractivity contribution >= 4 is 39.7 Å². The molecule has 0 saturated carbocycles. The fraction of sp³-hybridized carbons (Fsp3) is 0.304. The van der Waals surface area contributed by atoms with Crippen molar-refractivity contribution in [3.63, 3.8) is 0 Å². The molecule has 164 valence electrons. The Morgan fingerprint density at radius 2 is 2.12 bits per heavy atom. The average Bonchev–Trinajstić information content (AvgIpc) is 3.44. The minimum atomic E-state index is -0.710. The Morgan fingerprint density at radius 3 is 2.88 bits per heavy atom. The quantitative estimate of drug-likeness (QED) is 0.498. The van der Waals surface area contributed by atoms with E-state index in [0.29, 0.717) is 42.7 Å². The Morgan fingerprint density at radius 1 is 1.28 bits per heavy atom. The Balaban J connectivity index is 1.33. The third kappa shape index (κ3) is 5.52. The number of carbonyl (C=O) groups is 2. The van der Waals surface area contributed by atoms with Crippen LogP contribution in [0, 0.1) is 11.3 Å². The first-order valence-corrected chi connectivity index (χ1v) is 11.9. The second kappa shape index (κ2) is 10.4. The van der Waals surface area contributed by atoms with Crippen LogP contribution in [0.15, 0.2) is 42.0 Å². The maximum atomic E-state index is 12.4. The standard InChI is InChI=1S/C23H21N3O4S2/c24-11-19-18-8-7-16(30-23(28)29-13-17-12-25-14-31-17)10-20(18)32-22(19)26-21(27)9-6-15-4-2-1-3-5-15/h1-5,12,14,16H,6-10,13H2,(H,26,27). The van der Waals surface area contributed by atoms with Gasteiger partial charge in [-0.05, 0) is 30.4 Å². The van der Waals surface area contributed by atoms with Gasteiger partial charge in [0.2, 0.25) is 5.91 Å². The number of thiophene rings is 1. The molecule has 2 heterocycles. The van der Waals surface area contributed by atoms with E-state index in [1.165, 1.54) is 22.7 Å². The number of ether oxygens (including phenoxy) is 2. The van der Waals surface area contributed by atoms with Gasteiger partial charge in [0.25, 0.3) is 0 Å². The van der Waals surface area contributed by atoms with Crippen molar-refractivity contribution in [1.82, 2.24) is 4.98 Å². The minimum absolute atomic E-state index is 0.122. The SMILES string of the molecule is N#Cc1c(NC(=O)CCc2ccccc2)sc2c1CCC(OC(=O)OCc1cncs1)C2. The van der Waals surface area contributed by atoms with Crippen LogP contribution in [0.1, 0.15) is 39.3 Å². The molecule has 0 radical (unpaired) electrons. The van der Waals surface area contributed by atoms with Crippen molar-refractivity contribution < 1.29 is 19.1 Å². The summed E-state index contributed by atoms with van der Waals surface area (Å²) in [5, 5.41) is 13.1. The molecule has 0 bridgehead atoms. The Kier molecular flexibility index (Phi) is 7.14. The summed E-state index contributed by atoms with van der Waals surface area (Å²) in [5.41, 5.74) is 4.22. The van der Waals surface area contributed by atoms with Gasteiger partial charge in [0, 0.05) is 23.9 Å². The molecule has 1 aromatic carbocycles. The Bertz CT molecular complexity index is 1120. The van der Waals surface area contributed by atoms with E-state index >= 15 is 0 Å². The van der Waals surface area contributed by atoms with E-state index < -0.39 is 6.16 Å². The summed E-state index contributed by atoms with van der Waals surface area (Å²) in [6.45, 7) is 0.137. The summed E-state index contributed by atoms with van der Waals surface area (Å²) in [6, 6.07) is 12.0. The van der Waals surface area contributed by atoms with Crippen LogP contribution in [0.5, 0.6) is 0 Å². The van der Waals surface area contributed by atoms with E-state index in [1.54, 1.807) is 11.7 Å². The van der Waals surface area contributed by atoms with E-state index in [0.717, 1.165) is 20.9 Å². The van der Waals surface area contributed by atoms with Crippen LogP contribution in [-0.2, 0) is 40.1 Å². The minimum Gasteiger partial charge on any atom is -0.431 e. The molecule has 1 amide bonds. The predicted octanol–water partition coefficient (Wildman–Crippen LogP) is 4.86. The lowest BCUT2D eigenvalue weighted by molar-refractivity contribution is -0.116. The normalized spacial score (nSPS) is 14.8. The fourth-order valence-electron chi connectivity index (χ4n) is 3.57. The van der Waals surface area contributed by atoms with Gasteiger partial charge >= 0.3 is 6.16 Å². The first-order valence-electron chi connectivity index (χ1n) is 10.2. The van der Waals surface area contributed by atoms with Gasteiger partial charge in [-0.2, -0.15) is 5.26 Å². The molecule has 1 aliphatic carbocycles. The predicted molar refractivity (Wildman–Crippen MR) is 122 cm³/mol. The zero-order chi connectivity index (χ0) is 22.3. The molecule has 9 heteroatoms. The Labute approximate surface area is 193 Å². The molecule has 0 fully saturated rings. The van der Waals surface area contributed by atoms with Crippen molar-refractivity contribution in [1.29, 1.82) is 5.26 Å². The van der Waals surface area contributed by atoms with Gasteiger partial charge in [0.1, 0.15) is 23.8 Å². The number of carbonyl (C=O) groups excluding carboxylic acids is 2. The van der Waals surface area contributed by atoms with Crippen LogP contribution in [0.3, 0.4) is 0 Å². The number of hydrogen-bond acceptors (Lipinski definition) is 8. The van der Waals surface area contributed by atoms with Gasteiger partial charge < -0.3 is 14.8 Å². The van der Waals surface area contributed by atoms with Crippen molar-refractivity contribution in [2.45, 2.75) is 44.8 Å². The number of nitriles is 1. The summed E-state index contributed by atoms with van der Waals surface area (Å²) >= 11 is 2.79. The monoisotopic (exact) mass is 467 g/mol. The number of benzene rings is 1. The van der Waals surface area contributed by atoms with Gasteiger partial charge in [0.05, 0.1) is 16.0 Å². The van der Waals surface area contributed by atoms with Crippen LogP contribution in [-0.4, -0.2) is 23.2 Å². The van der Waals surface area contributed by atoms with Gasteiger partial charge in [-0.3, -0.25) is 9.78 Å². The fourth-order valence-corrected chi connectivity index (χ4v) is 5.35. The molecule has 1 atom stereocenters. The Hall–Kier alpha value is -3.22. The van der Waals surface area contributed by atoms with E-state index in [2.05, 4.69) is 16.4 Å².